The first-order valence-electron chi connectivity index (χ1n) is 11.4. The number of nitrogens with zero attached hydrogens (tertiary/aromatic N) is 3. The van der Waals surface area contributed by atoms with Crippen molar-refractivity contribution in [1.29, 1.82) is 0 Å². The third kappa shape index (κ3) is 5.44. The molecule has 1 N–H and O–H groups in total. The van der Waals surface area contributed by atoms with E-state index < -0.39 is 10.0 Å². The van der Waals surface area contributed by atoms with Gasteiger partial charge in [-0.3, -0.25) is 9.10 Å². The molecule has 0 aliphatic carbocycles. The summed E-state index contributed by atoms with van der Waals surface area (Å²) in [7, 11) is 0.519. The first-order valence-corrected chi connectivity index (χ1v) is 12.9. The molecule has 4 aromatic rings. The van der Waals surface area contributed by atoms with Gasteiger partial charge in [-0.2, -0.15) is 0 Å². The standard InChI is InChI=1S/C27H28N4O5S/c1-19-28-15-16-31(19)23-9-5-20(6-10-23)18-29-27(32)21-7-11-22(12-8-21)30(2)37(33,34)24-13-14-25(35-3)26(17-24)36-4/h5-17H,18H2,1-4H3,(H,29,32). The van der Waals surface area contributed by atoms with Gasteiger partial charge in [-0.1, -0.05) is 12.1 Å². The minimum atomic E-state index is -3.86. The molecule has 9 nitrogen and oxygen atoms in total. The fraction of sp³-hybridized carbons (Fsp3) is 0.185. The Hall–Kier alpha value is -4.31. The molecule has 1 aromatic heterocycles. The number of amides is 1. The van der Waals surface area contributed by atoms with Crippen molar-refractivity contribution in [2.24, 2.45) is 0 Å². The van der Waals surface area contributed by atoms with Crippen LogP contribution < -0.4 is 19.1 Å². The first-order chi connectivity index (χ1) is 17.7. The number of nitrogens with one attached hydrogen (secondary N) is 1. The Balaban J connectivity index is 1.41. The number of benzene rings is 3. The van der Waals surface area contributed by atoms with Crippen LogP contribution in [0.4, 0.5) is 5.69 Å². The highest BCUT2D eigenvalue weighted by atomic mass is 32.2. The summed E-state index contributed by atoms with van der Waals surface area (Å²) in [6.45, 7) is 2.29. The van der Waals surface area contributed by atoms with E-state index in [1.54, 1.807) is 36.5 Å². The van der Waals surface area contributed by atoms with Crippen molar-refractivity contribution in [3.05, 3.63) is 96.1 Å². The maximum atomic E-state index is 13.1. The van der Waals surface area contributed by atoms with Gasteiger partial charge in [-0.25, -0.2) is 13.4 Å². The van der Waals surface area contributed by atoms with Gasteiger partial charge < -0.3 is 19.4 Å². The van der Waals surface area contributed by atoms with Gasteiger partial charge in [0.15, 0.2) is 11.5 Å². The lowest BCUT2D eigenvalue weighted by Crippen LogP contribution is -2.27. The van der Waals surface area contributed by atoms with Crippen LogP contribution in [0, 0.1) is 6.92 Å². The van der Waals surface area contributed by atoms with Crippen molar-refractivity contribution in [2.75, 3.05) is 25.6 Å². The highest BCUT2D eigenvalue weighted by Crippen LogP contribution is 2.31. The average molecular weight is 521 g/mol. The van der Waals surface area contributed by atoms with Crippen LogP contribution in [0.25, 0.3) is 5.69 Å². The van der Waals surface area contributed by atoms with E-state index in [4.69, 9.17) is 9.47 Å². The van der Waals surface area contributed by atoms with E-state index in [1.165, 1.54) is 33.4 Å². The Morgan fingerprint density at radius 2 is 1.65 bits per heavy atom. The average Bonchev–Trinajstić information content (AvgIpc) is 3.36. The zero-order chi connectivity index (χ0) is 26.6. The molecule has 0 atom stereocenters. The molecule has 37 heavy (non-hydrogen) atoms. The quantitative estimate of drug-likeness (QED) is 0.359. The summed E-state index contributed by atoms with van der Waals surface area (Å²) in [4.78, 5) is 17.0. The van der Waals surface area contributed by atoms with Crippen LogP contribution in [0.3, 0.4) is 0 Å². The second-order valence-corrected chi connectivity index (χ2v) is 10.2. The van der Waals surface area contributed by atoms with Crippen molar-refractivity contribution in [1.82, 2.24) is 14.9 Å². The number of aromatic nitrogens is 2. The normalized spacial score (nSPS) is 11.1. The number of carbonyl (C=O) groups excluding carboxylic acids is 1. The summed E-state index contributed by atoms with van der Waals surface area (Å²) < 4.78 is 39.8. The van der Waals surface area contributed by atoms with Crippen molar-refractivity contribution in [3.8, 4) is 17.2 Å². The molecule has 0 aliphatic rings. The first kappa shape index (κ1) is 25.8. The van der Waals surface area contributed by atoms with Gasteiger partial charge >= 0.3 is 0 Å². The lowest BCUT2D eigenvalue weighted by Gasteiger charge is -2.20. The number of ether oxygens (including phenoxy) is 2. The summed E-state index contributed by atoms with van der Waals surface area (Å²) in [6, 6.07) is 18.6. The molecule has 1 heterocycles. The van der Waals surface area contributed by atoms with Gasteiger partial charge in [0.05, 0.1) is 24.8 Å². The van der Waals surface area contributed by atoms with Crippen molar-refractivity contribution in [3.63, 3.8) is 0 Å². The smallest absolute Gasteiger partial charge is 0.264 e. The zero-order valence-corrected chi connectivity index (χ0v) is 21.8. The number of rotatable bonds is 9. The molecule has 0 fully saturated rings. The fourth-order valence-electron chi connectivity index (χ4n) is 3.81. The number of methoxy groups -OCH3 is 2. The predicted octanol–water partition coefficient (Wildman–Crippen LogP) is 3.95. The van der Waals surface area contributed by atoms with Crippen LogP contribution in [0.1, 0.15) is 21.7 Å². The summed E-state index contributed by atoms with van der Waals surface area (Å²) in [5.41, 5.74) is 2.78. The second kappa shape index (κ2) is 10.8. The van der Waals surface area contributed by atoms with Gasteiger partial charge in [-0.15, -0.1) is 0 Å². The molecular formula is C27H28N4O5S. The highest BCUT2D eigenvalue weighted by Gasteiger charge is 2.23. The number of anilines is 1. The summed E-state index contributed by atoms with van der Waals surface area (Å²) in [6.07, 6.45) is 3.64. The number of imidazole rings is 1. The Labute approximate surface area is 216 Å². The largest absolute Gasteiger partial charge is 0.493 e. The van der Waals surface area contributed by atoms with Gasteiger partial charge in [0.25, 0.3) is 15.9 Å². The van der Waals surface area contributed by atoms with Gasteiger partial charge in [0.2, 0.25) is 0 Å². The maximum absolute atomic E-state index is 13.1. The monoisotopic (exact) mass is 520 g/mol. The van der Waals surface area contributed by atoms with Crippen LogP contribution in [-0.4, -0.2) is 45.1 Å². The molecule has 0 aliphatic heterocycles. The van der Waals surface area contributed by atoms with Gasteiger partial charge in [0.1, 0.15) is 5.82 Å². The van der Waals surface area contributed by atoms with Crippen molar-refractivity contribution in [2.45, 2.75) is 18.4 Å². The van der Waals surface area contributed by atoms with Crippen LogP contribution >= 0.6 is 0 Å². The lowest BCUT2D eigenvalue weighted by atomic mass is 10.1. The van der Waals surface area contributed by atoms with E-state index in [1.807, 2.05) is 42.0 Å². The molecular weight excluding hydrogens is 492 g/mol. The van der Waals surface area contributed by atoms with Crippen LogP contribution in [0.15, 0.2) is 84.0 Å². The van der Waals surface area contributed by atoms with Crippen LogP contribution in [0.5, 0.6) is 11.5 Å². The predicted molar refractivity (Wildman–Crippen MR) is 141 cm³/mol. The minimum absolute atomic E-state index is 0.0590. The van der Waals surface area contributed by atoms with Crippen LogP contribution in [-0.2, 0) is 16.6 Å². The number of carbonyl (C=O) groups is 1. The molecule has 10 heteroatoms. The van der Waals surface area contributed by atoms with E-state index in [9.17, 15) is 13.2 Å². The minimum Gasteiger partial charge on any atom is -0.493 e. The summed E-state index contributed by atoms with van der Waals surface area (Å²) >= 11 is 0. The summed E-state index contributed by atoms with van der Waals surface area (Å²) in [5.74, 6) is 1.39. The Kier molecular flexibility index (Phi) is 7.49. The zero-order valence-electron chi connectivity index (χ0n) is 21.0. The number of hydrogen-bond donors (Lipinski definition) is 1. The molecule has 0 unspecified atom stereocenters. The number of sulfonamides is 1. The Morgan fingerprint density at radius 1 is 0.973 bits per heavy atom. The molecule has 1 amide bonds. The molecule has 192 valence electrons. The molecule has 3 aromatic carbocycles. The third-order valence-electron chi connectivity index (χ3n) is 6.00. The number of hydrogen-bond acceptors (Lipinski definition) is 6. The number of aryl methyl sites for hydroxylation is 1. The summed E-state index contributed by atoms with van der Waals surface area (Å²) in [5, 5.41) is 2.89. The van der Waals surface area contributed by atoms with E-state index in [0.29, 0.717) is 29.3 Å². The van der Waals surface area contributed by atoms with E-state index in [-0.39, 0.29) is 10.8 Å². The van der Waals surface area contributed by atoms with E-state index >= 15 is 0 Å². The lowest BCUT2D eigenvalue weighted by molar-refractivity contribution is 0.0951. The molecule has 0 spiro atoms. The molecule has 0 saturated heterocycles. The maximum Gasteiger partial charge on any atom is 0.264 e. The van der Waals surface area contributed by atoms with Crippen molar-refractivity contribution >= 4 is 21.6 Å². The van der Waals surface area contributed by atoms with Gasteiger partial charge in [0, 0.05) is 43.3 Å². The van der Waals surface area contributed by atoms with Gasteiger partial charge in [-0.05, 0) is 61.0 Å². The molecule has 4 rings (SSSR count). The van der Waals surface area contributed by atoms with Crippen molar-refractivity contribution < 1.29 is 22.7 Å². The molecule has 0 bridgehead atoms. The topological polar surface area (TPSA) is 103 Å². The second-order valence-electron chi connectivity index (χ2n) is 8.23. The Bertz CT molecular complexity index is 1500. The van der Waals surface area contributed by atoms with Crippen LogP contribution in [0.2, 0.25) is 0 Å². The third-order valence-corrected chi connectivity index (χ3v) is 7.78. The van der Waals surface area contributed by atoms with E-state index in [0.717, 1.165) is 21.4 Å². The highest BCUT2D eigenvalue weighted by molar-refractivity contribution is 7.92. The molecule has 0 radical (unpaired) electrons. The Morgan fingerprint density at radius 3 is 2.24 bits per heavy atom. The SMILES string of the molecule is COc1ccc(S(=O)(=O)N(C)c2ccc(C(=O)NCc3ccc(-n4ccnc4C)cc3)cc2)cc1OC. The molecule has 0 saturated carbocycles. The van der Waals surface area contributed by atoms with E-state index in [2.05, 4.69) is 10.3 Å². The fourth-order valence-corrected chi connectivity index (χ4v) is 5.02.